The average Bonchev–Trinajstić information content (AvgIpc) is 3.87. The van der Waals surface area contributed by atoms with Crippen molar-refractivity contribution in [1.29, 1.82) is 0 Å². The number of methoxy groups -OCH3 is 2. The van der Waals surface area contributed by atoms with Crippen molar-refractivity contribution in [3.8, 4) is 11.4 Å². The van der Waals surface area contributed by atoms with Gasteiger partial charge in [0.25, 0.3) is 22.5 Å². The van der Waals surface area contributed by atoms with E-state index in [2.05, 4.69) is 20.8 Å². The summed E-state index contributed by atoms with van der Waals surface area (Å²) in [5.41, 5.74) is 0.518. The Hall–Kier alpha value is -6.81. The maximum atomic E-state index is 13.4. The van der Waals surface area contributed by atoms with Gasteiger partial charge in [-0.25, -0.2) is 49.6 Å². The first-order valence-corrected chi connectivity index (χ1v) is 18.0. The van der Waals surface area contributed by atoms with Crippen LogP contribution in [0.4, 0.5) is 47.7 Å². The van der Waals surface area contributed by atoms with Crippen molar-refractivity contribution in [1.82, 2.24) is 19.6 Å². The molecule has 17 nitrogen and oxygen atoms in total. The number of nitrogens with zero attached hydrogens (tertiary/aromatic N) is 6. The van der Waals surface area contributed by atoms with Crippen molar-refractivity contribution < 1.29 is 50.2 Å². The molecular weight excluding hydrogens is 779 g/mol. The molecule has 0 aliphatic carbocycles. The van der Waals surface area contributed by atoms with Crippen LogP contribution in [0.5, 0.6) is 0 Å². The molecule has 0 bridgehead atoms. The summed E-state index contributed by atoms with van der Waals surface area (Å²) in [5, 5.41) is 13.4. The summed E-state index contributed by atoms with van der Waals surface area (Å²) in [4.78, 5) is 39.0. The molecule has 0 aliphatic heterocycles. The lowest BCUT2D eigenvalue weighted by atomic mass is 10.1. The van der Waals surface area contributed by atoms with Gasteiger partial charge in [0.1, 0.15) is 11.6 Å². The summed E-state index contributed by atoms with van der Waals surface area (Å²) >= 11 is -5.48. The van der Waals surface area contributed by atoms with Gasteiger partial charge < -0.3 is 20.1 Å². The van der Waals surface area contributed by atoms with E-state index in [1.54, 1.807) is 0 Å². The Kier molecular flexibility index (Phi) is 11.6. The molecule has 2 atom stereocenters. The second-order valence-corrected chi connectivity index (χ2v) is 13.0. The summed E-state index contributed by atoms with van der Waals surface area (Å²) in [6.07, 6.45) is 5.28. The van der Waals surface area contributed by atoms with Gasteiger partial charge in [-0.05, 0) is 84.9 Å². The van der Waals surface area contributed by atoms with Gasteiger partial charge in [-0.3, -0.25) is 9.11 Å². The summed E-state index contributed by atoms with van der Waals surface area (Å²) in [6, 6.07) is 17.5. The lowest BCUT2D eigenvalue weighted by Gasteiger charge is -2.22. The highest BCUT2D eigenvalue weighted by atomic mass is 32.2. The van der Waals surface area contributed by atoms with Crippen LogP contribution in [0.1, 0.15) is 20.7 Å². The van der Waals surface area contributed by atoms with Crippen LogP contribution in [0.15, 0.2) is 110 Å². The lowest BCUT2D eigenvalue weighted by molar-refractivity contribution is 0.0593. The quantitative estimate of drug-likeness (QED) is 0.0820. The number of carbonyl (C=O) groups is 3. The largest absolute Gasteiger partial charge is 0.465 e. The maximum Gasteiger partial charge on any atom is 0.340 e. The number of hydrogen-bond donors (Lipinski definition) is 4. The van der Waals surface area contributed by atoms with Gasteiger partial charge in [0.05, 0.1) is 84.3 Å². The second-order valence-electron chi connectivity index (χ2n) is 11.3. The van der Waals surface area contributed by atoms with E-state index < -0.39 is 52.1 Å². The van der Waals surface area contributed by atoms with Crippen LogP contribution in [0.3, 0.4) is 0 Å². The Morgan fingerprint density at radius 3 is 1.36 bits per heavy atom. The molecule has 4 N–H and O–H groups in total. The highest BCUT2D eigenvalue weighted by Gasteiger charge is 2.27. The molecule has 0 radical (unpaired) electrons. The van der Waals surface area contributed by atoms with Crippen LogP contribution in [0.2, 0.25) is 0 Å². The number of aromatic nitrogens is 4. The molecule has 2 aromatic heterocycles. The predicted molar refractivity (Wildman–Crippen MR) is 201 cm³/mol. The molecule has 2 unspecified atom stereocenters. The molecule has 56 heavy (non-hydrogen) atoms. The van der Waals surface area contributed by atoms with Gasteiger partial charge in [0, 0.05) is 11.4 Å². The molecule has 2 amide bonds. The maximum absolute atomic E-state index is 13.4. The van der Waals surface area contributed by atoms with Crippen LogP contribution < -0.4 is 19.2 Å². The monoisotopic (exact) mass is 806 g/mol. The summed E-state index contributed by atoms with van der Waals surface area (Å²) < 4.78 is 86.9. The number of anilines is 6. The second kappa shape index (κ2) is 16.7. The van der Waals surface area contributed by atoms with Crippen molar-refractivity contribution in [2.75, 3.05) is 33.5 Å². The predicted octanol–water partition coefficient (Wildman–Crippen LogP) is 6.10. The van der Waals surface area contributed by atoms with Crippen molar-refractivity contribution in [3.63, 3.8) is 0 Å². The van der Waals surface area contributed by atoms with Crippen LogP contribution in [-0.2, 0) is 32.0 Å². The Morgan fingerprint density at radius 2 is 1.02 bits per heavy atom. The molecule has 0 spiro atoms. The number of urea groups is 1. The average molecular weight is 807 g/mol. The van der Waals surface area contributed by atoms with E-state index in [1.165, 1.54) is 119 Å². The molecule has 288 valence electrons. The van der Waals surface area contributed by atoms with E-state index >= 15 is 0 Å². The topological polar surface area (TPSA) is 210 Å². The van der Waals surface area contributed by atoms with Gasteiger partial charge >= 0.3 is 18.0 Å². The van der Waals surface area contributed by atoms with Gasteiger partial charge in [-0.1, -0.05) is 0 Å². The normalized spacial score (nSPS) is 12.0. The zero-order valence-electron chi connectivity index (χ0n) is 28.9. The smallest absolute Gasteiger partial charge is 0.340 e. The third-order valence-electron chi connectivity index (χ3n) is 7.86. The van der Waals surface area contributed by atoms with Crippen LogP contribution >= 0.6 is 0 Å². The van der Waals surface area contributed by atoms with E-state index in [0.29, 0.717) is 11.4 Å². The zero-order valence-corrected chi connectivity index (χ0v) is 30.5. The SMILES string of the molecule is COC(=O)c1cc(NC(=O)Nc2ccc(N(c3cnn(-c4ccc(F)cc4)c3)S(=O)O)c(C(=O)OC)c2)ccc1N(c1cnn(-c2ccc(F)cc2)c1)S(=O)O. The van der Waals surface area contributed by atoms with Crippen LogP contribution in [0, 0.1) is 11.6 Å². The van der Waals surface area contributed by atoms with E-state index in [4.69, 9.17) is 9.47 Å². The van der Waals surface area contributed by atoms with Crippen molar-refractivity contribution in [3.05, 3.63) is 132 Å². The van der Waals surface area contributed by atoms with Gasteiger partial charge in [-0.2, -0.15) is 10.2 Å². The molecular formula is C35H28F2N8O9S2. The summed E-state index contributed by atoms with van der Waals surface area (Å²) in [6.45, 7) is 0. The number of carbonyl (C=O) groups excluding carboxylic acids is 3. The number of rotatable bonds is 12. The molecule has 0 saturated heterocycles. The Balaban J connectivity index is 1.25. The molecule has 21 heteroatoms. The number of esters is 2. The first kappa shape index (κ1) is 38.9. The molecule has 0 saturated carbocycles. The van der Waals surface area contributed by atoms with E-state index in [0.717, 1.165) is 22.8 Å². The van der Waals surface area contributed by atoms with Crippen molar-refractivity contribution in [2.24, 2.45) is 0 Å². The van der Waals surface area contributed by atoms with Crippen LogP contribution in [0.25, 0.3) is 11.4 Å². The highest BCUT2D eigenvalue weighted by Crippen LogP contribution is 2.35. The number of hydrogen-bond acceptors (Lipinski definition) is 9. The lowest BCUT2D eigenvalue weighted by Crippen LogP contribution is -2.24. The van der Waals surface area contributed by atoms with Gasteiger partial charge in [-0.15, -0.1) is 0 Å². The van der Waals surface area contributed by atoms with Crippen LogP contribution in [-0.4, -0.2) is 69.3 Å². The summed E-state index contributed by atoms with van der Waals surface area (Å²) in [7, 11) is 2.19. The molecule has 2 heterocycles. The van der Waals surface area contributed by atoms with E-state index in [-0.39, 0.29) is 45.3 Å². The number of benzene rings is 4. The fourth-order valence-corrected chi connectivity index (χ4v) is 6.56. The zero-order chi connectivity index (χ0) is 40.1. The fraction of sp³-hybridized carbons (Fsp3) is 0.0571. The Morgan fingerprint density at radius 1 is 0.643 bits per heavy atom. The minimum absolute atomic E-state index is 0.0437. The Bertz CT molecular complexity index is 2310. The third-order valence-corrected chi connectivity index (χ3v) is 9.30. The van der Waals surface area contributed by atoms with Crippen molar-refractivity contribution >= 4 is 74.6 Å². The molecule has 0 aliphatic rings. The van der Waals surface area contributed by atoms with Gasteiger partial charge in [0.2, 0.25) is 0 Å². The third kappa shape index (κ3) is 8.44. The van der Waals surface area contributed by atoms with E-state index in [9.17, 15) is 40.7 Å². The fourth-order valence-electron chi connectivity index (χ4n) is 5.36. The first-order valence-electron chi connectivity index (χ1n) is 15.8. The number of ether oxygens (including phenoxy) is 2. The molecule has 4 aromatic carbocycles. The number of nitrogens with one attached hydrogen (secondary N) is 2. The molecule has 6 aromatic rings. The standard InChI is InChI=1S/C35H28F2N8O9S2/c1-53-33(46)29-15-23(7-13-31(29)44(55(49)50)27-17-38-42(19-27)25-9-3-21(36)4-10-25)40-35(48)41-24-8-14-32(30(16-24)34(47)54-2)45(56(51)52)28-18-39-43(20-28)26-11-5-22(37)6-12-26/h3-20H,1-2H3,(H,49,50)(H,51,52)(H2,40,41,48). The Labute approximate surface area is 320 Å². The molecule has 6 rings (SSSR count). The van der Waals surface area contributed by atoms with Gasteiger partial charge in [0.15, 0.2) is 0 Å². The van der Waals surface area contributed by atoms with E-state index in [1.807, 2.05) is 0 Å². The molecule has 0 fully saturated rings. The highest BCUT2D eigenvalue weighted by molar-refractivity contribution is 7.81. The summed E-state index contributed by atoms with van der Waals surface area (Å²) in [5.74, 6) is -2.78. The van der Waals surface area contributed by atoms with Crippen molar-refractivity contribution in [2.45, 2.75) is 0 Å². The first-order chi connectivity index (χ1) is 26.9. The minimum Gasteiger partial charge on any atom is -0.465 e. The number of halogens is 2. The minimum atomic E-state index is -2.74. The number of amides is 2.